The SMILES string of the molecule is C=C[C@@H]1CC[C@]2(C(=O)N3CCC[C@@H]3CN3CCCC3)CC[C@]3(C)[C@H](CC[C@@H]4[C@@]5(C)CC[C@H](OC(=O)[C@H]6C[C@@H](C(=O)O)C6(C)C)C(C)(C)[C@@H]5CC[C@]43C)[C@@H]12. The van der Waals surface area contributed by atoms with Crippen LogP contribution in [0.2, 0.25) is 0 Å². The van der Waals surface area contributed by atoms with Crippen LogP contribution in [0.5, 0.6) is 0 Å². The Morgan fingerprint density at radius 2 is 1.49 bits per heavy atom. The Kier molecular flexibility index (Phi) is 9.19. The van der Waals surface area contributed by atoms with Crippen molar-refractivity contribution >= 4 is 17.8 Å². The summed E-state index contributed by atoms with van der Waals surface area (Å²) in [6.45, 7) is 25.3. The molecule has 2 heterocycles. The van der Waals surface area contributed by atoms with Crippen molar-refractivity contribution in [3.63, 3.8) is 0 Å². The molecule has 6 aliphatic carbocycles. The molecular weight excluding hydrogens is 661 g/mol. The van der Waals surface area contributed by atoms with Crippen LogP contribution < -0.4 is 0 Å². The van der Waals surface area contributed by atoms with Gasteiger partial charge in [0.2, 0.25) is 5.91 Å². The summed E-state index contributed by atoms with van der Waals surface area (Å²) in [5.41, 5.74) is -0.437. The van der Waals surface area contributed by atoms with Gasteiger partial charge < -0.3 is 19.6 Å². The number of nitrogens with zero attached hydrogens (tertiary/aromatic N) is 2. The molecule has 7 nitrogen and oxygen atoms in total. The first-order chi connectivity index (χ1) is 25.0. The summed E-state index contributed by atoms with van der Waals surface area (Å²) in [7, 11) is 0. The van der Waals surface area contributed by atoms with Crippen LogP contribution in [0.4, 0.5) is 0 Å². The van der Waals surface area contributed by atoms with E-state index in [2.05, 4.69) is 57.1 Å². The van der Waals surface area contributed by atoms with Gasteiger partial charge in [0.25, 0.3) is 0 Å². The lowest BCUT2D eigenvalue weighted by atomic mass is 9.32. The highest BCUT2D eigenvalue weighted by molar-refractivity contribution is 5.84. The molecule has 6 saturated carbocycles. The zero-order valence-electron chi connectivity index (χ0n) is 34.4. The smallest absolute Gasteiger partial charge is 0.309 e. The van der Waals surface area contributed by atoms with Gasteiger partial charge in [-0.25, -0.2) is 0 Å². The molecule has 0 aromatic carbocycles. The van der Waals surface area contributed by atoms with E-state index in [1.807, 2.05) is 13.8 Å². The molecule has 8 rings (SSSR count). The van der Waals surface area contributed by atoms with Gasteiger partial charge in [-0.05, 0) is 161 Å². The third-order valence-electron chi connectivity index (χ3n) is 19.6. The van der Waals surface area contributed by atoms with Crippen molar-refractivity contribution in [3.8, 4) is 0 Å². The second kappa shape index (κ2) is 12.8. The van der Waals surface area contributed by atoms with Gasteiger partial charge in [0.05, 0.1) is 17.3 Å². The number of likely N-dealkylation sites (tertiary alicyclic amines) is 2. The van der Waals surface area contributed by atoms with Crippen molar-refractivity contribution in [3.05, 3.63) is 12.7 Å². The topological polar surface area (TPSA) is 87.2 Å². The average molecular weight is 733 g/mol. The zero-order valence-corrected chi connectivity index (χ0v) is 34.4. The number of rotatable bonds is 7. The van der Waals surface area contributed by atoms with E-state index < -0.39 is 17.3 Å². The van der Waals surface area contributed by atoms with E-state index in [0.717, 1.165) is 70.9 Å². The minimum Gasteiger partial charge on any atom is -0.481 e. The molecule has 0 spiro atoms. The number of hydrogen-bond acceptors (Lipinski definition) is 5. The van der Waals surface area contributed by atoms with Gasteiger partial charge in [0, 0.05) is 24.5 Å². The largest absolute Gasteiger partial charge is 0.481 e. The van der Waals surface area contributed by atoms with Gasteiger partial charge in [-0.15, -0.1) is 6.58 Å². The lowest BCUT2D eigenvalue weighted by molar-refractivity contribution is -0.251. The van der Waals surface area contributed by atoms with Crippen molar-refractivity contribution < 1.29 is 24.2 Å². The summed E-state index contributed by atoms with van der Waals surface area (Å²) in [6.07, 6.45) is 18.5. The van der Waals surface area contributed by atoms with Gasteiger partial charge in [0.1, 0.15) is 6.10 Å². The summed E-state index contributed by atoms with van der Waals surface area (Å²) < 4.78 is 6.45. The number of carboxylic acid groups (broad SMARTS) is 1. The molecule has 2 aliphatic heterocycles. The maximum Gasteiger partial charge on any atom is 0.309 e. The minimum atomic E-state index is -0.808. The predicted octanol–water partition coefficient (Wildman–Crippen LogP) is 9.00. The summed E-state index contributed by atoms with van der Waals surface area (Å²) in [5.74, 6) is 1.10. The maximum atomic E-state index is 15.2. The molecule has 0 aromatic rings. The van der Waals surface area contributed by atoms with E-state index in [-0.39, 0.29) is 45.1 Å². The van der Waals surface area contributed by atoms with E-state index in [1.165, 1.54) is 45.2 Å². The minimum absolute atomic E-state index is 0.142. The fourth-order valence-corrected chi connectivity index (χ4v) is 16.3. The number of aliphatic carboxylic acids is 1. The number of carbonyl (C=O) groups is 3. The van der Waals surface area contributed by atoms with Gasteiger partial charge >= 0.3 is 11.9 Å². The van der Waals surface area contributed by atoms with Gasteiger partial charge in [-0.3, -0.25) is 14.4 Å². The van der Waals surface area contributed by atoms with Crippen molar-refractivity contribution in [2.45, 2.75) is 157 Å². The van der Waals surface area contributed by atoms with Crippen LogP contribution in [0.1, 0.15) is 145 Å². The molecule has 53 heavy (non-hydrogen) atoms. The lowest BCUT2D eigenvalue weighted by Gasteiger charge is -2.73. The number of carboxylic acids is 1. The average Bonchev–Trinajstić information content (AvgIpc) is 3.86. The Balaban J connectivity index is 1.02. The van der Waals surface area contributed by atoms with Crippen molar-refractivity contribution in [2.24, 2.45) is 73.9 Å². The van der Waals surface area contributed by atoms with E-state index in [1.54, 1.807) is 0 Å². The summed E-state index contributed by atoms with van der Waals surface area (Å²) >= 11 is 0. The highest BCUT2D eigenvalue weighted by Gasteiger charge is 2.72. The third-order valence-corrected chi connectivity index (χ3v) is 19.6. The molecule has 8 fully saturated rings. The van der Waals surface area contributed by atoms with Crippen LogP contribution in [0.25, 0.3) is 0 Å². The van der Waals surface area contributed by atoms with Crippen LogP contribution in [0.15, 0.2) is 12.7 Å². The fourth-order valence-electron chi connectivity index (χ4n) is 16.3. The Bertz CT molecular complexity index is 1500. The molecular formula is C46H72N2O5. The number of hydrogen-bond donors (Lipinski definition) is 1. The highest BCUT2D eigenvalue weighted by Crippen LogP contribution is 2.77. The van der Waals surface area contributed by atoms with Gasteiger partial charge in [-0.1, -0.05) is 54.5 Å². The fraction of sp³-hybridized carbons (Fsp3) is 0.891. The van der Waals surface area contributed by atoms with E-state index in [9.17, 15) is 14.7 Å². The standard InChI is InChI=1S/C46H72N2O5/c1-9-29-16-21-46(40(52)48-26-12-13-30(48)28-47-24-10-11-25-47)23-22-44(7)31(37(29)46)14-15-35-43(6)19-18-36(42(4,5)34(43)17-20-45(35,44)8)53-39(51)33-27-32(38(49)50)41(33,2)3/h9,29-37H,1,10-28H2,2-8H3,(H,49,50)/t29-,30-,31-,32+,33-,34+,35-,36+,37-,43+,44-,45-,46+/m1/s1. The third kappa shape index (κ3) is 5.29. The molecule has 7 heteroatoms. The summed E-state index contributed by atoms with van der Waals surface area (Å²) in [6, 6.07) is 0.384. The van der Waals surface area contributed by atoms with E-state index in [4.69, 9.17) is 4.74 Å². The lowest BCUT2D eigenvalue weighted by Crippen LogP contribution is -2.67. The van der Waals surface area contributed by atoms with E-state index in [0.29, 0.717) is 48.0 Å². The number of ether oxygens (including phenoxy) is 1. The highest BCUT2D eigenvalue weighted by atomic mass is 16.5. The van der Waals surface area contributed by atoms with Crippen molar-refractivity contribution in [2.75, 3.05) is 26.2 Å². The second-order valence-electron chi connectivity index (χ2n) is 21.9. The first kappa shape index (κ1) is 38.0. The monoisotopic (exact) mass is 733 g/mol. The Morgan fingerprint density at radius 3 is 2.17 bits per heavy atom. The molecule has 0 unspecified atom stereocenters. The van der Waals surface area contributed by atoms with Crippen LogP contribution in [0.3, 0.4) is 0 Å². The number of fused-ring (bicyclic) bond motifs is 7. The number of allylic oxidation sites excluding steroid dienone is 1. The molecule has 296 valence electrons. The predicted molar refractivity (Wildman–Crippen MR) is 208 cm³/mol. The summed E-state index contributed by atoms with van der Waals surface area (Å²) in [5, 5.41) is 9.67. The number of esters is 1. The van der Waals surface area contributed by atoms with Crippen LogP contribution in [0, 0.1) is 73.9 Å². The molecule has 0 radical (unpaired) electrons. The quantitative estimate of drug-likeness (QED) is 0.208. The zero-order chi connectivity index (χ0) is 37.9. The molecule has 2 saturated heterocycles. The van der Waals surface area contributed by atoms with Crippen LogP contribution >= 0.6 is 0 Å². The molecule has 0 aromatic heterocycles. The molecule has 1 N–H and O–H groups in total. The van der Waals surface area contributed by atoms with Crippen LogP contribution in [-0.2, 0) is 19.1 Å². The Labute approximate surface area is 320 Å². The first-order valence-corrected chi connectivity index (χ1v) is 22.0. The normalized spacial score (nSPS) is 48.4. The molecule has 1 amide bonds. The maximum absolute atomic E-state index is 15.2. The number of amides is 1. The van der Waals surface area contributed by atoms with E-state index >= 15 is 4.79 Å². The van der Waals surface area contributed by atoms with Gasteiger partial charge in [0.15, 0.2) is 0 Å². The molecule has 13 atom stereocenters. The molecule has 0 bridgehead atoms. The van der Waals surface area contributed by atoms with Gasteiger partial charge in [-0.2, -0.15) is 0 Å². The second-order valence-corrected chi connectivity index (χ2v) is 21.9. The Morgan fingerprint density at radius 1 is 0.755 bits per heavy atom. The van der Waals surface area contributed by atoms with Crippen LogP contribution in [-0.4, -0.2) is 71.1 Å². The van der Waals surface area contributed by atoms with Crippen molar-refractivity contribution in [1.29, 1.82) is 0 Å². The Hall–Kier alpha value is -1.89. The van der Waals surface area contributed by atoms with Crippen molar-refractivity contribution in [1.82, 2.24) is 9.80 Å². The molecule has 8 aliphatic rings. The summed E-state index contributed by atoms with van der Waals surface area (Å²) in [4.78, 5) is 45.6. The first-order valence-electron chi connectivity index (χ1n) is 22.0. The number of carbonyl (C=O) groups excluding carboxylic acids is 2.